The molecule has 0 aliphatic carbocycles. The minimum absolute atomic E-state index is 0.0113. The van der Waals surface area contributed by atoms with Gasteiger partial charge in [0.25, 0.3) is 0 Å². The molecule has 0 radical (unpaired) electrons. The second kappa shape index (κ2) is 8.41. The maximum Gasteiger partial charge on any atom is 0.238 e. The van der Waals surface area contributed by atoms with Crippen LogP contribution in [0, 0.1) is 5.92 Å². The molecule has 24 heavy (non-hydrogen) atoms. The maximum absolute atomic E-state index is 12.1. The van der Waals surface area contributed by atoms with Crippen LogP contribution in [-0.4, -0.2) is 18.2 Å². The highest BCUT2D eigenvalue weighted by atomic mass is 16.2. The van der Waals surface area contributed by atoms with Gasteiger partial charge in [0.05, 0.1) is 6.54 Å². The molecule has 0 spiro atoms. The minimum atomic E-state index is -0.104. The Morgan fingerprint density at radius 2 is 1.58 bits per heavy atom. The summed E-state index contributed by atoms with van der Waals surface area (Å²) in [6.07, 6.45) is 0. The van der Waals surface area contributed by atoms with Gasteiger partial charge in [-0.25, -0.2) is 0 Å². The number of carbonyl (C=O) groups is 2. The number of hydrogen-bond acceptors (Lipinski definition) is 3. The molecule has 0 aliphatic heterocycles. The van der Waals surface area contributed by atoms with Crippen molar-refractivity contribution in [2.45, 2.75) is 26.8 Å². The van der Waals surface area contributed by atoms with E-state index in [2.05, 4.69) is 36.6 Å². The van der Waals surface area contributed by atoms with E-state index < -0.39 is 0 Å². The molecule has 4 nitrogen and oxygen atoms in total. The van der Waals surface area contributed by atoms with Crippen LogP contribution in [0.15, 0.2) is 54.6 Å². The van der Waals surface area contributed by atoms with Gasteiger partial charge in [-0.3, -0.25) is 9.59 Å². The summed E-state index contributed by atoms with van der Waals surface area (Å²) in [5.74, 6) is 0.277. The van der Waals surface area contributed by atoms with Crippen molar-refractivity contribution in [3.8, 4) is 0 Å². The van der Waals surface area contributed by atoms with Gasteiger partial charge >= 0.3 is 0 Å². The summed E-state index contributed by atoms with van der Waals surface area (Å²) in [6, 6.07) is 17.2. The smallest absolute Gasteiger partial charge is 0.238 e. The molecule has 2 rings (SSSR count). The van der Waals surface area contributed by atoms with E-state index in [1.165, 1.54) is 12.5 Å². The van der Waals surface area contributed by atoms with Crippen LogP contribution < -0.4 is 10.6 Å². The monoisotopic (exact) mass is 324 g/mol. The molecular formula is C20H24N2O2. The van der Waals surface area contributed by atoms with Crippen molar-refractivity contribution in [3.05, 3.63) is 65.7 Å². The fourth-order valence-corrected chi connectivity index (χ4v) is 2.59. The molecule has 0 aromatic heterocycles. The van der Waals surface area contributed by atoms with Gasteiger partial charge in [-0.05, 0) is 42.7 Å². The highest BCUT2D eigenvalue weighted by Gasteiger charge is 2.16. The number of nitrogens with one attached hydrogen (secondary N) is 2. The van der Waals surface area contributed by atoms with Crippen LogP contribution in [0.5, 0.6) is 0 Å². The lowest BCUT2D eigenvalue weighted by molar-refractivity contribution is -0.115. The first-order valence-corrected chi connectivity index (χ1v) is 8.16. The first kappa shape index (κ1) is 17.9. The summed E-state index contributed by atoms with van der Waals surface area (Å²) in [5.41, 5.74) is 2.49. The molecule has 0 saturated carbocycles. The van der Waals surface area contributed by atoms with Crippen LogP contribution in [0.2, 0.25) is 0 Å². The van der Waals surface area contributed by atoms with E-state index in [1.807, 2.05) is 18.2 Å². The van der Waals surface area contributed by atoms with E-state index in [9.17, 15) is 9.59 Å². The minimum Gasteiger partial charge on any atom is -0.325 e. The lowest BCUT2D eigenvalue weighted by Crippen LogP contribution is -2.33. The average molecular weight is 324 g/mol. The summed E-state index contributed by atoms with van der Waals surface area (Å²) in [4.78, 5) is 23.4. The number of Topliss-reactive ketones (excluding diaryl/α,β-unsaturated/α-hetero) is 1. The van der Waals surface area contributed by atoms with Gasteiger partial charge in [0.15, 0.2) is 5.78 Å². The van der Waals surface area contributed by atoms with Crippen molar-refractivity contribution >= 4 is 17.4 Å². The number of carbonyl (C=O) groups excluding carboxylic acids is 2. The zero-order chi connectivity index (χ0) is 17.5. The molecule has 2 aromatic rings. The predicted octanol–water partition coefficient (Wildman–Crippen LogP) is 3.81. The van der Waals surface area contributed by atoms with Gasteiger partial charge in [-0.1, -0.05) is 44.2 Å². The largest absolute Gasteiger partial charge is 0.325 e. The second-order valence-corrected chi connectivity index (χ2v) is 6.19. The number of amides is 1. The normalized spacial score (nSPS) is 12.0. The highest BCUT2D eigenvalue weighted by Crippen LogP contribution is 2.21. The Hall–Kier alpha value is -2.46. The standard InChI is InChI=1S/C20H24N2O2/c1-14(2)20(17-7-5-4-6-8-17)21-13-19(24)22-18-11-9-16(10-12-18)15(3)23/h4-12,14,20-21H,13H2,1-3H3,(H,22,24)/t20-/m1/s1. The Labute approximate surface area is 143 Å². The van der Waals surface area contributed by atoms with Gasteiger partial charge in [0, 0.05) is 17.3 Å². The topological polar surface area (TPSA) is 58.2 Å². The number of ketones is 1. The van der Waals surface area contributed by atoms with E-state index in [0.29, 0.717) is 17.2 Å². The summed E-state index contributed by atoms with van der Waals surface area (Å²) < 4.78 is 0. The Kier molecular flexibility index (Phi) is 6.27. The SMILES string of the molecule is CC(=O)c1ccc(NC(=O)CN[C@@H](c2ccccc2)C(C)C)cc1. The summed E-state index contributed by atoms with van der Waals surface area (Å²) in [5, 5.41) is 6.16. The van der Waals surface area contributed by atoms with Crippen LogP contribution in [0.3, 0.4) is 0 Å². The Morgan fingerprint density at radius 1 is 0.958 bits per heavy atom. The van der Waals surface area contributed by atoms with Gasteiger partial charge in [0.1, 0.15) is 0 Å². The first-order chi connectivity index (χ1) is 11.5. The quantitative estimate of drug-likeness (QED) is 0.761. The van der Waals surface area contributed by atoms with Crippen molar-refractivity contribution in [1.29, 1.82) is 0 Å². The van der Waals surface area contributed by atoms with Crippen LogP contribution >= 0.6 is 0 Å². The third kappa shape index (κ3) is 5.03. The third-order valence-electron chi connectivity index (χ3n) is 3.88. The molecular weight excluding hydrogens is 300 g/mol. The van der Waals surface area contributed by atoms with Crippen LogP contribution in [0.1, 0.15) is 42.7 Å². The summed E-state index contributed by atoms with van der Waals surface area (Å²) >= 11 is 0. The van der Waals surface area contributed by atoms with E-state index >= 15 is 0 Å². The van der Waals surface area contributed by atoms with Crippen molar-refractivity contribution < 1.29 is 9.59 Å². The van der Waals surface area contributed by atoms with E-state index in [0.717, 1.165) is 0 Å². The molecule has 0 heterocycles. The average Bonchev–Trinajstić information content (AvgIpc) is 2.56. The summed E-state index contributed by atoms with van der Waals surface area (Å²) in [7, 11) is 0. The van der Waals surface area contributed by atoms with Crippen LogP contribution in [0.4, 0.5) is 5.69 Å². The summed E-state index contributed by atoms with van der Waals surface area (Å²) in [6.45, 7) is 6.01. The lowest BCUT2D eigenvalue weighted by Gasteiger charge is -2.22. The van der Waals surface area contributed by atoms with Crippen molar-refractivity contribution in [2.24, 2.45) is 5.92 Å². The second-order valence-electron chi connectivity index (χ2n) is 6.19. The van der Waals surface area contributed by atoms with Gasteiger partial charge in [0.2, 0.25) is 5.91 Å². The number of anilines is 1. The molecule has 2 aromatic carbocycles. The molecule has 0 saturated heterocycles. The molecule has 1 amide bonds. The van der Waals surface area contributed by atoms with Crippen molar-refractivity contribution in [3.63, 3.8) is 0 Å². The fourth-order valence-electron chi connectivity index (χ4n) is 2.59. The van der Waals surface area contributed by atoms with Crippen molar-refractivity contribution in [1.82, 2.24) is 5.32 Å². The molecule has 2 N–H and O–H groups in total. The molecule has 126 valence electrons. The number of rotatable bonds is 7. The Bertz CT molecular complexity index is 679. The fraction of sp³-hybridized carbons (Fsp3) is 0.300. The zero-order valence-electron chi connectivity index (χ0n) is 14.4. The van der Waals surface area contributed by atoms with Gasteiger partial charge in [-0.15, -0.1) is 0 Å². The predicted molar refractivity (Wildman–Crippen MR) is 97.1 cm³/mol. The van der Waals surface area contributed by atoms with Crippen molar-refractivity contribution in [2.75, 3.05) is 11.9 Å². The van der Waals surface area contributed by atoms with E-state index in [4.69, 9.17) is 0 Å². The Morgan fingerprint density at radius 3 is 2.12 bits per heavy atom. The van der Waals surface area contributed by atoms with Crippen LogP contribution in [0.25, 0.3) is 0 Å². The molecule has 1 atom stereocenters. The first-order valence-electron chi connectivity index (χ1n) is 8.16. The maximum atomic E-state index is 12.1. The van der Waals surface area contributed by atoms with Gasteiger partial charge in [-0.2, -0.15) is 0 Å². The molecule has 0 fully saturated rings. The molecule has 0 unspecified atom stereocenters. The number of benzene rings is 2. The molecule has 4 heteroatoms. The highest BCUT2D eigenvalue weighted by molar-refractivity contribution is 5.96. The zero-order valence-corrected chi connectivity index (χ0v) is 14.4. The van der Waals surface area contributed by atoms with Gasteiger partial charge < -0.3 is 10.6 Å². The molecule has 0 bridgehead atoms. The lowest BCUT2D eigenvalue weighted by atomic mass is 9.96. The Balaban J connectivity index is 1.92. The van der Waals surface area contributed by atoms with Crippen LogP contribution in [-0.2, 0) is 4.79 Å². The molecule has 0 aliphatic rings. The van der Waals surface area contributed by atoms with E-state index in [1.54, 1.807) is 24.3 Å². The third-order valence-corrected chi connectivity index (χ3v) is 3.88. The van der Waals surface area contributed by atoms with E-state index in [-0.39, 0.29) is 24.3 Å². The number of hydrogen-bond donors (Lipinski definition) is 2.